The maximum Gasteiger partial charge on any atom is 0.0462 e. The summed E-state index contributed by atoms with van der Waals surface area (Å²) in [7, 11) is 0. The molecule has 9 unspecified atom stereocenters. The lowest BCUT2D eigenvalue weighted by Gasteiger charge is -2.58. The van der Waals surface area contributed by atoms with Crippen LogP contribution >= 0.6 is 0 Å². The molecule has 162 valence electrons. The molecular weight excluding hydrogens is 340 g/mol. The number of hydrogen-bond acceptors (Lipinski definition) is 1. The first kappa shape index (κ1) is 21.2. The predicted octanol–water partition coefficient (Wildman–Crippen LogP) is 7.33. The first-order valence-corrected chi connectivity index (χ1v) is 12.9. The molecule has 0 aromatic carbocycles. The summed E-state index contributed by atoms with van der Waals surface area (Å²) in [6.07, 6.45) is 15.9. The van der Waals surface area contributed by atoms with Crippen molar-refractivity contribution in [3.63, 3.8) is 0 Å². The van der Waals surface area contributed by atoms with Gasteiger partial charge in [0, 0.05) is 6.61 Å². The van der Waals surface area contributed by atoms with Crippen LogP contribution in [0.1, 0.15) is 105 Å². The van der Waals surface area contributed by atoms with E-state index in [1.54, 1.807) is 0 Å². The minimum Gasteiger partial charge on any atom is -0.396 e. The molecular formula is C27H48O. The molecule has 0 aromatic rings. The Balaban J connectivity index is 1.46. The fourth-order valence-corrected chi connectivity index (χ4v) is 9.57. The van der Waals surface area contributed by atoms with Crippen LogP contribution in [0.5, 0.6) is 0 Å². The van der Waals surface area contributed by atoms with Crippen molar-refractivity contribution in [1.82, 2.24) is 0 Å². The Labute approximate surface area is 175 Å². The topological polar surface area (TPSA) is 20.2 Å². The maximum absolute atomic E-state index is 9.91. The van der Waals surface area contributed by atoms with Crippen LogP contribution in [0.4, 0.5) is 0 Å². The quantitative estimate of drug-likeness (QED) is 0.505. The van der Waals surface area contributed by atoms with Gasteiger partial charge in [0.1, 0.15) is 0 Å². The molecule has 4 aliphatic carbocycles. The lowest BCUT2D eigenvalue weighted by atomic mass is 9.46. The van der Waals surface area contributed by atoms with Crippen molar-refractivity contribution in [2.45, 2.75) is 105 Å². The van der Waals surface area contributed by atoms with E-state index in [-0.39, 0.29) is 0 Å². The van der Waals surface area contributed by atoms with Crippen LogP contribution in [-0.2, 0) is 0 Å². The Morgan fingerprint density at radius 3 is 2.18 bits per heavy atom. The number of aliphatic hydroxyl groups excluding tert-OH is 1. The normalized spacial score (nSPS) is 49.0. The van der Waals surface area contributed by atoms with E-state index in [0.717, 1.165) is 41.4 Å². The highest BCUT2D eigenvalue weighted by molar-refractivity contribution is 5.10. The van der Waals surface area contributed by atoms with Gasteiger partial charge < -0.3 is 5.11 Å². The van der Waals surface area contributed by atoms with E-state index in [4.69, 9.17) is 0 Å². The van der Waals surface area contributed by atoms with Crippen molar-refractivity contribution >= 4 is 0 Å². The Morgan fingerprint density at radius 2 is 1.46 bits per heavy atom. The summed E-state index contributed by atoms with van der Waals surface area (Å²) in [5.74, 6) is 7.12. The number of fused-ring (bicyclic) bond motifs is 5. The van der Waals surface area contributed by atoms with Crippen molar-refractivity contribution in [2.24, 2.45) is 58.2 Å². The molecule has 0 aromatic heterocycles. The monoisotopic (exact) mass is 388 g/mol. The first-order valence-electron chi connectivity index (χ1n) is 12.9. The van der Waals surface area contributed by atoms with Crippen LogP contribution in [0.15, 0.2) is 0 Å². The Bertz CT molecular complexity index is 540. The van der Waals surface area contributed by atoms with Crippen LogP contribution in [0.3, 0.4) is 0 Å². The molecule has 0 amide bonds. The smallest absolute Gasteiger partial charge is 0.0462 e. The van der Waals surface area contributed by atoms with E-state index in [0.29, 0.717) is 23.4 Å². The van der Waals surface area contributed by atoms with E-state index in [1.165, 1.54) is 70.6 Å². The van der Waals surface area contributed by atoms with Crippen LogP contribution in [-0.4, -0.2) is 11.7 Å². The largest absolute Gasteiger partial charge is 0.396 e. The average molecular weight is 389 g/mol. The molecule has 0 spiro atoms. The van der Waals surface area contributed by atoms with Gasteiger partial charge in [0.2, 0.25) is 0 Å². The van der Waals surface area contributed by atoms with Crippen molar-refractivity contribution in [3.05, 3.63) is 0 Å². The molecule has 9 atom stereocenters. The van der Waals surface area contributed by atoms with Gasteiger partial charge in [-0.25, -0.2) is 0 Å². The standard InChI is InChI=1S/C27H48O/c1-18(2)7-6-8-19(3)22-11-12-24-21-9-10-23-20(17-28)13-15-27(23,5)25(21)14-16-26(22,24)4/h18-25,28H,6-17H2,1-5H3. The van der Waals surface area contributed by atoms with Gasteiger partial charge in [-0.2, -0.15) is 0 Å². The summed E-state index contributed by atoms with van der Waals surface area (Å²) in [5.41, 5.74) is 1.16. The van der Waals surface area contributed by atoms with Gasteiger partial charge in [-0.15, -0.1) is 0 Å². The molecule has 1 heteroatoms. The molecule has 1 N–H and O–H groups in total. The third kappa shape index (κ3) is 3.30. The molecule has 0 aliphatic heterocycles. The molecule has 0 heterocycles. The number of aliphatic hydroxyl groups is 1. The molecule has 4 saturated carbocycles. The number of rotatable bonds is 6. The fraction of sp³-hybridized carbons (Fsp3) is 1.00. The zero-order chi connectivity index (χ0) is 20.1. The van der Waals surface area contributed by atoms with E-state index in [9.17, 15) is 5.11 Å². The third-order valence-electron chi connectivity index (χ3n) is 11.0. The van der Waals surface area contributed by atoms with Gasteiger partial charge >= 0.3 is 0 Å². The van der Waals surface area contributed by atoms with Crippen LogP contribution in [0.2, 0.25) is 0 Å². The molecule has 4 rings (SSSR count). The highest BCUT2D eigenvalue weighted by atomic mass is 16.3. The number of hydrogen-bond donors (Lipinski definition) is 1. The SMILES string of the molecule is CC(C)CCCC(C)C1CCC2C3CCC4C(CO)CCC4(C)C3CCC12C. The predicted molar refractivity (Wildman–Crippen MR) is 119 cm³/mol. The van der Waals surface area contributed by atoms with E-state index in [1.807, 2.05) is 0 Å². The van der Waals surface area contributed by atoms with Gasteiger partial charge in [-0.1, -0.05) is 53.9 Å². The Kier molecular flexibility index (Phi) is 5.98. The second-order valence-corrected chi connectivity index (χ2v) is 12.6. The zero-order valence-electron chi connectivity index (χ0n) is 19.6. The van der Waals surface area contributed by atoms with Crippen LogP contribution < -0.4 is 0 Å². The van der Waals surface area contributed by atoms with E-state index < -0.39 is 0 Å². The fourth-order valence-electron chi connectivity index (χ4n) is 9.57. The Hall–Kier alpha value is -0.0400. The van der Waals surface area contributed by atoms with Gasteiger partial charge in [-0.05, 0) is 110 Å². The molecule has 4 fully saturated rings. The van der Waals surface area contributed by atoms with Crippen molar-refractivity contribution in [2.75, 3.05) is 6.61 Å². The van der Waals surface area contributed by atoms with Gasteiger partial charge in [0.25, 0.3) is 0 Å². The lowest BCUT2D eigenvalue weighted by molar-refractivity contribution is -0.0975. The summed E-state index contributed by atoms with van der Waals surface area (Å²) < 4.78 is 0. The summed E-state index contributed by atoms with van der Waals surface area (Å²) >= 11 is 0. The molecule has 0 saturated heterocycles. The Morgan fingerprint density at radius 1 is 0.786 bits per heavy atom. The summed E-state index contributed by atoms with van der Waals surface area (Å²) in [6, 6.07) is 0. The van der Waals surface area contributed by atoms with Crippen molar-refractivity contribution < 1.29 is 5.11 Å². The van der Waals surface area contributed by atoms with Crippen molar-refractivity contribution in [1.29, 1.82) is 0 Å². The average Bonchev–Trinajstić information content (AvgIpc) is 3.17. The van der Waals surface area contributed by atoms with Crippen LogP contribution in [0, 0.1) is 58.2 Å². The maximum atomic E-state index is 9.91. The summed E-state index contributed by atoms with van der Waals surface area (Å²) in [4.78, 5) is 0. The molecule has 28 heavy (non-hydrogen) atoms. The second-order valence-electron chi connectivity index (χ2n) is 12.6. The zero-order valence-corrected chi connectivity index (χ0v) is 19.6. The van der Waals surface area contributed by atoms with Gasteiger partial charge in [0.15, 0.2) is 0 Å². The third-order valence-corrected chi connectivity index (χ3v) is 11.0. The lowest BCUT2D eigenvalue weighted by Crippen LogP contribution is -2.51. The minimum absolute atomic E-state index is 0.439. The highest BCUT2D eigenvalue weighted by Crippen LogP contribution is 2.69. The van der Waals surface area contributed by atoms with Crippen LogP contribution in [0.25, 0.3) is 0 Å². The summed E-state index contributed by atoms with van der Waals surface area (Å²) in [6.45, 7) is 13.1. The first-order chi connectivity index (χ1) is 13.3. The van der Waals surface area contributed by atoms with E-state index in [2.05, 4.69) is 34.6 Å². The van der Waals surface area contributed by atoms with Crippen molar-refractivity contribution in [3.8, 4) is 0 Å². The second kappa shape index (κ2) is 7.90. The highest BCUT2D eigenvalue weighted by Gasteiger charge is 2.61. The van der Waals surface area contributed by atoms with Gasteiger partial charge in [-0.3, -0.25) is 0 Å². The van der Waals surface area contributed by atoms with Gasteiger partial charge in [0.05, 0.1) is 0 Å². The molecule has 0 bridgehead atoms. The van der Waals surface area contributed by atoms with E-state index >= 15 is 0 Å². The minimum atomic E-state index is 0.439. The summed E-state index contributed by atoms with van der Waals surface area (Å²) in [5, 5.41) is 9.91. The molecule has 4 aliphatic rings. The molecule has 0 radical (unpaired) electrons. The molecule has 1 nitrogen and oxygen atoms in total.